The van der Waals surface area contributed by atoms with Crippen molar-refractivity contribution in [3.05, 3.63) is 29.8 Å². The first-order valence-electron chi connectivity index (χ1n) is 8.54. The largest absolute Gasteiger partial charge is 0.490 e. The third-order valence-corrected chi connectivity index (χ3v) is 4.02. The molecular formula is C18H29ClN2O3. The van der Waals surface area contributed by atoms with Crippen LogP contribution in [0.2, 0.25) is 0 Å². The Hall–Kier alpha value is -1.30. The van der Waals surface area contributed by atoms with Crippen molar-refractivity contribution >= 4 is 18.3 Å². The minimum atomic E-state index is -0.0624. The average Bonchev–Trinajstić information content (AvgIpc) is 2.59. The zero-order valence-corrected chi connectivity index (χ0v) is 15.2. The predicted octanol–water partition coefficient (Wildman–Crippen LogP) is 2.79. The molecule has 1 amide bonds. The number of rotatable bonds is 9. The molecule has 0 saturated heterocycles. The highest BCUT2D eigenvalue weighted by molar-refractivity contribution is 5.94. The Kier molecular flexibility index (Phi) is 10.5. The second-order valence-electron chi connectivity index (χ2n) is 5.90. The van der Waals surface area contributed by atoms with Crippen molar-refractivity contribution in [1.29, 1.82) is 0 Å². The van der Waals surface area contributed by atoms with Crippen molar-refractivity contribution in [3.63, 3.8) is 0 Å². The van der Waals surface area contributed by atoms with Crippen molar-refractivity contribution in [2.75, 3.05) is 33.4 Å². The van der Waals surface area contributed by atoms with Crippen LogP contribution in [0.15, 0.2) is 24.3 Å². The first-order valence-corrected chi connectivity index (χ1v) is 8.54. The van der Waals surface area contributed by atoms with E-state index in [9.17, 15) is 4.79 Å². The van der Waals surface area contributed by atoms with E-state index in [4.69, 9.17) is 9.47 Å². The Morgan fingerprint density at radius 2 is 1.96 bits per heavy atom. The molecule has 1 aromatic rings. The first-order chi connectivity index (χ1) is 11.3. The summed E-state index contributed by atoms with van der Waals surface area (Å²) >= 11 is 0. The fraction of sp³-hybridized carbons (Fsp3) is 0.611. The number of ether oxygens (including phenoxy) is 2. The molecule has 1 aromatic carbocycles. The molecule has 5 nitrogen and oxygen atoms in total. The molecule has 24 heavy (non-hydrogen) atoms. The third-order valence-electron chi connectivity index (χ3n) is 4.02. The van der Waals surface area contributed by atoms with Gasteiger partial charge in [-0.05, 0) is 43.9 Å². The van der Waals surface area contributed by atoms with E-state index in [0.717, 1.165) is 31.7 Å². The number of carbonyl (C=O) groups is 1. The molecule has 0 heterocycles. The molecule has 0 spiro atoms. The van der Waals surface area contributed by atoms with Crippen LogP contribution in [0.1, 0.15) is 42.5 Å². The van der Waals surface area contributed by atoms with Gasteiger partial charge in [-0.2, -0.15) is 0 Å². The molecule has 2 rings (SSSR count). The monoisotopic (exact) mass is 356 g/mol. The van der Waals surface area contributed by atoms with Crippen LogP contribution in [-0.4, -0.2) is 45.4 Å². The molecule has 0 unspecified atom stereocenters. The van der Waals surface area contributed by atoms with Gasteiger partial charge in [0.2, 0.25) is 0 Å². The molecule has 2 N–H and O–H groups in total. The lowest BCUT2D eigenvalue weighted by molar-refractivity contribution is 0.0952. The number of methoxy groups -OCH3 is 1. The van der Waals surface area contributed by atoms with Crippen molar-refractivity contribution in [2.24, 2.45) is 0 Å². The SMILES string of the molecule is COCCNCCNC(=O)c1cccc(OC2CCCCC2)c1.Cl. The summed E-state index contributed by atoms with van der Waals surface area (Å²) in [6, 6.07) is 7.46. The Bertz CT molecular complexity index is 479. The van der Waals surface area contributed by atoms with E-state index in [1.165, 1.54) is 19.3 Å². The molecule has 0 aliphatic heterocycles. The maximum absolute atomic E-state index is 12.2. The zero-order chi connectivity index (χ0) is 16.3. The number of amides is 1. The van der Waals surface area contributed by atoms with E-state index in [0.29, 0.717) is 24.8 Å². The molecule has 0 radical (unpaired) electrons. The van der Waals surface area contributed by atoms with Crippen LogP contribution in [-0.2, 0) is 4.74 Å². The van der Waals surface area contributed by atoms with E-state index in [-0.39, 0.29) is 18.3 Å². The summed E-state index contributed by atoms with van der Waals surface area (Å²) in [5, 5.41) is 6.10. The summed E-state index contributed by atoms with van der Waals surface area (Å²) in [6.45, 7) is 2.79. The summed E-state index contributed by atoms with van der Waals surface area (Å²) in [6.07, 6.45) is 6.31. The lowest BCUT2D eigenvalue weighted by Crippen LogP contribution is -2.33. The smallest absolute Gasteiger partial charge is 0.251 e. The van der Waals surface area contributed by atoms with Gasteiger partial charge in [0, 0.05) is 32.3 Å². The van der Waals surface area contributed by atoms with Gasteiger partial charge in [-0.1, -0.05) is 12.5 Å². The average molecular weight is 357 g/mol. The predicted molar refractivity (Wildman–Crippen MR) is 98.3 cm³/mol. The van der Waals surface area contributed by atoms with E-state index in [2.05, 4.69) is 10.6 Å². The summed E-state index contributed by atoms with van der Waals surface area (Å²) in [5.74, 6) is 0.732. The summed E-state index contributed by atoms with van der Waals surface area (Å²) in [4.78, 5) is 12.2. The maximum Gasteiger partial charge on any atom is 0.251 e. The minimum Gasteiger partial charge on any atom is -0.490 e. The van der Waals surface area contributed by atoms with Gasteiger partial charge in [-0.25, -0.2) is 0 Å². The van der Waals surface area contributed by atoms with Crippen LogP contribution in [0.25, 0.3) is 0 Å². The molecule has 0 atom stereocenters. The standard InChI is InChI=1S/C18H28N2O3.ClH/c1-22-13-12-19-10-11-20-18(21)15-6-5-9-17(14-15)23-16-7-3-2-4-8-16;/h5-6,9,14,16,19H,2-4,7-8,10-13H2,1H3,(H,20,21);1H. The molecule has 1 saturated carbocycles. The highest BCUT2D eigenvalue weighted by Gasteiger charge is 2.15. The lowest BCUT2D eigenvalue weighted by atomic mass is 9.98. The van der Waals surface area contributed by atoms with Crippen molar-refractivity contribution in [3.8, 4) is 5.75 Å². The van der Waals surface area contributed by atoms with Crippen LogP contribution in [0.3, 0.4) is 0 Å². The molecule has 1 aliphatic carbocycles. The van der Waals surface area contributed by atoms with Crippen LogP contribution >= 0.6 is 12.4 Å². The highest BCUT2D eigenvalue weighted by Crippen LogP contribution is 2.23. The Balaban J connectivity index is 0.00000288. The molecule has 136 valence electrons. The molecule has 6 heteroatoms. The zero-order valence-electron chi connectivity index (χ0n) is 14.4. The van der Waals surface area contributed by atoms with Gasteiger partial charge in [-0.3, -0.25) is 4.79 Å². The molecule has 1 fully saturated rings. The van der Waals surface area contributed by atoms with Gasteiger partial charge >= 0.3 is 0 Å². The van der Waals surface area contributed by atoms with E-state index >= 15 is 0 Å². The number of halogens is 1. The van der Waals surface area contributed by atoms with Gasteiger partial charge in [0.25, 0.3) is 5.91 Å². The highest BCUT2D eigenvalue weighted by atomic mass is 35.5. The van der Waals surface area contributed by atoms with Crippen molar-refractivity contribution in [2.45, 2.75) is 38.2 Å². The van der Waals surface area contributed by atoms with Crippen molar-refractivity contribution in [1.82, 2.24) is 10.6 Å². The number of hydrogen-bond donors (Lipinski definition) is 2. The summed E-state index contributed by atoms with van der Waals surface area (Å²) < 4.78 is 11.0. The topological polar surface area (TPSA) is 59.6 Å². The second kappa shape index (κ2) is 12.1. The van der Waals surface area contributed by atoms with E-state index in [1.807, 2.05) is 24.3 Å². The summed E-state index contributed by atoms with van der Waals surface area (Å²) in [7, 11) is 1.67. The van der Waals surface area contributed by atoms with Gasteiger partial charge in [0.15, 0.2) is 0 Å². The molecule has 1 aliphatic rings. The first kappa shape index (κ1) is 20.7. The van der Waals surface area contributed by atoms with Crippen molar-refractivity contribution < 1.29 is 14.3 Å². The number of hydrogen-bond acceptors (Lipinski definition) is 4. The Morgan fingerprint density at radius 3 is 2.71 bits per heavy atom. The minimum absolute atomic E-state index is 0. The molecule has 0 aromatic heterocycles. The Morgan fingerprint density at radius 1 is 1.17 bits per heavy atom. The fourth-order valence-electron chi connectivity index (χ4n) is 2.75. The molecular weight excluding hydrogens is 328 g/mol. The van der Waals surface area contributed by atoms with E-state index < -0.39 is 0 Å². The third kappa shape index (κ3) is 7.51. The van der Waals surface area contributed by atoms with Crippen LogP contribution < -0.4 is 15.4 Å². The summed E-state index contributed by atoms with van der Waals surface area (Å²) in [5.41, 5.74) is 0.648. The lowest BCUT2D eigenvalue weighted by Gasteiger charge is -2.23. The van der Waals surface area contributed by atoms with Crippen LogP contribution in [0.4, 0.5) is 0 Å². The second-order valence-corrected chi connectivity index (χ2v) is 5.90. The quantitative estimate of drug-likeness (QED) is 0.668. The van der Waals surface area contributed by atoms with Crippen LogP contribution in [0.5, 0.6) is 5.75 Å². The van der Waals surface area contributed by atoms with Gasteiger partial charge < -0.3 is 20.1 Å². The number of benzene rings is 1. The Labute approximate surface area is 150 Å². The number of nitrogens with one attached hydrogen (secondary N) is 2. The van der Waals surface area contributed by atoms with E-state index in [1.54, 1.807) is 7.11 Å². The molecule has 0 bridgehead atoms. The fourth-order valence-corrected chi connectivity index (χ4v) is 2.75. The normalized spacial score (nSPS) is 14.7. The van der Waals surface area contributed by atoms with Crippen LogP contribution in [0, 0.1) is 0 Å². The van der Waals surface area contributed by atoms with Gasteiger partial charge in [0.1, 0.15) is 5.75 Å². The van der Waals surface area contributed by atoms with Gasteiger partial charge in [0.05, 0.1) is 12.7 Å². The number of carbonyl (C=O) groups excluding carboxylic acids is 1. The van der Waals surface area contributed by atoms with Gasteiger partial charge in [-0.15, -0.1) is 12.4 Å². The maximum atomic E-state index is 12.2.